The van der Waals surface area contributed by atoms with Crippen LogP contribution in [0.3, 0.4) is 0 Å². The van der Waals surface area contributed by atoms with Crippen LogP contribution in [0.1, 0.15) is 12.6 Å². The number of carbonyl (C=O) groups is 1. The highest BCUT2D eigenvalue weighted by molar-refractivity contribution is 5.99. The Morgan fingerprint density at radius 3 is 2.41 bits per heavy atom. The van der Waals surface area contributed by atoms with Crippen LogP contribution in [0.4, 0.5) is 42.4 Å². The second-order valence-electron chi connectivity index (χ2n) is 6.15. The van der Waals surface area contributed by atoms with E-state index in [1.165, 1.54) is 0 Å². The highest BCUT2D eigenvalue weighted by Gasteiger charge is 2.09. The minimum atomic E-state index is -0.724. The highest BCUT2D eigenvalue weighted by atomic mass is 19.1. The van der Waals surface area contributed by atoms with E-state index in [1.807, 2.05) is 19.9 Å². The molecule has 29 heavy (non-hydrogen) atoms. The van der Waals surface area contributed by atoms with Gasteiger partial charge in [0.15, 0.2) is 0 Å². The molecule has 0 atom stereocenters. The van der Waals surface area contributed by atoms with Gasteiger partial charge in [-0.1, -0.05) is 0 Å². The molecule has 3 aromatic rings. The second-order valence-corrected chi connectivity index (χ2v) is 6.15. The van der Waals surface area contributed by atoms with Gasteiger partial charge in [-0.2, -0.15) is 4.98 Å². The summed E-state index contributed by atoms with van der Waals surface area (Å²) in [5.74, 6) is -0.199. The van der Waals surface area contributed by atoms with Crippen LogP contribution in [0.5, 0.6) is 0 Å². The van der Waals surface area contributed by atoms with E-state index in [2.05, 4.69) is 31.2 Å². The first-order valence-corrected chi connectivity index (χ1v) is 8.92. The fourth-order valence-corrected chi connectivity index (χ4v) is 2.53. The Hall–Kier alpha value is -3.75. The number of aromatic nitrogens is 2. The lowest BCUT2D eigenvalue weighted by Crippen LogP contribution is -2.20. The summed E-state index contributed by atoms with van der Waals surface area (Å²) < 4.78 is 26.8. The molecule has 0 saturated carbocycles. The van der Waals surface area contributed by atoms with Crippen molar-refractivity contribution in [1.29, 1.82) is 0 Å². The van der Waals surface area contributed by atoms with Crippen molar-refractivity contribution in [3.05, 3.63) is 65.9 Å². The van der Waals surface area contributed by atoms with Crippen molar-refractivity contribution < 1.29 is 13.6 Å². The Bertz CT molecular complexity index is 1010. The van der Waals surface area contributed by atoms with Crippen molar-refractivity contribution >= 4 is 34.9 Å². The minimum absolute atomic E-state index is 0.239. The maximum atomic E-state index is 13.6. The van der Waals surface area contributed by atoms with Gasteiger partial charge in [0, 0.05) is 35.7 Å². The third-order valence-electron chi connectivity index (χ3n) is 3.78. The van der Waals surface area contributed by atoms with E-state index in [9.17, 15) is 13.6 Å². The Kier molecular flexibility index (Phi) is 6.18. The molecular formula is C20H20F2N6O. The van der Waals surface area contributed by atoms with Crippen LogP contribution in [0.15, 0.2) is 48.5 Å². The maximum Gasteiger partial charge on any atom is 0.323 e. The van der Waals surface area contributed by atoms with Gasteiger partial charge in [-0.25, -0.2) is 18.6 Å². The molecule has 0 bridgehead atoms. The van der Waals surface area contributed by atoms with E-state index in [0.717, 1.165) is 29.6 Å². The molecule has 0 radical (unpaired) electrons. The molecule has 1 aromatic heterocycles. The predicted molar refractivity (Wildman–Crippen MR) is 110 cm³/mol. The zero-order valence-corrected chi connectivity index (χ0v) is 15.9. The van der Waals surface area contributed by atoms with Gasteiger partial charge in [0.05, 0.1) is 5.69 Å². The molecule has 0 saturated heterocycles. The first-order chi connectivity index (χ1) is 13.9. The Morgan fingerprint density at radius 2 is 1.69 bits per heavy atom. The summed E-state index contributed by atoms with van der Waals surface area (Å²) in [6.07, 6.45) is 0. The maximum absolute atomic E-state index is 13.6. The summed E-state index contributed by atoms with van der Waals surface area (Å²) in [5.41, 5.74) is 1.82. The van der Waals surface area contributed by atoms with E-state index in [4.69, 9.17) is 0 Å². The van der Waals surface area contributed by atoms with Crippen molar-refractivity contribution in [3.63, 3.8) is 0 Å². The number of nitrogens with zero attached hydrogens (tertiary/aromatic N) is 2. The lowest BCUT2D eigenvalue weighted by Gasteiger charge is -2.11. The van der Waals surface area contributed by atoms with Gasteiger partial charge in [-0.3, -0.25) is 0 Å². The minimum Gasteiger partial charge on any atom is -0.354 e. The van der Waals surface area contributed by atoms with Crippen molar-refractivity contribution in [2.45, 2.75) is 13.8 Å². The molecule has 2 aromatic carbocycles. The Labute approximate surface area is 166 Å². The zero-order chi connectivity index (χ0) is 20.8. The molecule has 0 unspecified atom stereocenters. The van der Waals surface area contributed by atoms with Gasteiger partial charge in [0.25, 0.3) is 0 Å². The van der Waals surface area contributed by atoms with Gasteiger partial charge >= 0.3 is 6.03 Å². The topological polar surface area (TPSA) is 91.0 Å². The molecule has 7 nitrogen and oxygen atoms in total. The van der Waals surface area contributed by atoms with E-state index in [0.29, 0.717) is 24.0 Å². The number of nitrogens with one attached hydrogen (secondary N) is 4. The molecule has 9 heteroatoms. The van der Waals surface area contributed by atoms with Crippen LogP contribution in [-0.2, 0) is 0 Å². The predicted octanol–water partition coefficient (Wildman–Crippen LogP) is 4.88. The van der Waals surface area contributed by atoms with Crippen molar-refractivity contribution in [1.82, 2.24) is 9.97 Å². The van der Waals surface area contributed by atoms with Crippen LogP contribution in [-0.4, -0.2) is 22.5 Å². The average molecular weight is 398 g/mol. The van der Waals surface area contributed by atoms with Gasteiger partial charge < -0.3 is 21.3 Å². The number of halogens is 2. The van der Waals surface area contributed by atoms with Gasteiger partial charge in [-0.05, 0) is 50.2 Å². The van der Waals surface area contributed by atoms with Crippen molar-refractivity contribution in [2.24, 2.45) is 0 Å². The molecule has 0 fully saturated rings. The van der Waals surface area contributed by atoms with Crippen LogP contribution in [0, 0.1) is 18.6 Å². The number of urea groups is 1. The van der Waals surface area contributed by atoms with Crippen molar-refractivity contribution in [3.8, 4) is 0 Å². The van der Waals surface area contributed by atoms with Crippen LogP contribution in [0.2, 0.25) is 0 Å². The number of rotatable bonds is 6. The largest absolute Gasteiger partial charge is 0.354 e. The van der Waals surface area contributed by atoms with Crippen LogP contribution < -0.4 is 21.3 Å². The Balaban J connectivity index is 1.63. The molecule has 0 spiro atoms. The van der Waals surface area contributed by atoms with Gasteiger partial charge in [0.2, 0.25) is 5.95 Å². The third kappa shape index (κ3) is 5.61. The fraction of sp³-hybridized carbons (Fsp3) is 0.150. The van der Waals surface area contributed by atoms with E-state index >= 15 is 0 Å². The molecule has 0 aliphatic heterocycles. The smallest absolute Gasteiger partial charge is 0.323 e. The molecular weight excluding hydrogens is 378 g/mol. The summed E-state index contributed by atoms with van der Waals surface area (Å²) in [4.78, 5) is 20.7. The molecule has 0 aliphatic carbocycles. The number of aryl methyl sites for hydroxylation is 1. The van der Waals surface area contributed by atoms with E-state index in [-0.39, 0.29) is 5.69 Å². The standard InChI is InChI=1S/C20H20F2N6O/c1-3-23-19-24-12(2)10-18(28-19)25-14-5-7-15(8-6-14)26-20(29)27-17-11-13(21)4-9-16(17)22/h4-11H,3H2,1-2H3,(H2,26,27,29)(H2,23,24,25,28). The summed E-state index contributed by atoms with van der Waals surface area (Å²) >= 11 is 0. The first-order valence-electron chi connectivity index (χ1n) is 8.92. The fourth-order valence-electron chi connectivity index (χ4n) is 2.53. The van der Waals surface area contributed by atoms with Gasteiger partial charge in [-0.15, -0.1) is 0 Å². The lowest BCUT2D eigenvalue weighted by atomic mass is 10.2. The Morgan fingerprint density at radius 1 is 0.966 bits per heavy atom. The number of anilines is 5. The summed E-state index contributed by atoms with van der Waals surface area (Å²) in [6, 6.07) is 10.8. The molecule has 3 rings (SSSR count). The SMILES string of the molecule is CCNc1nc(C)cc(Nc2ccc(NC(=O)Nc3cc(F)ccc3F)cc2)n1. The number of hydrogen-bond donors (Lipinski definition) is 4. The van der Waals surface area contributed by atoms with Crippen LogP contribution in [0.25, 0.3) is 0 Å². The molecule has 2 amide bonds. The first kappa shape index (κ1) is 20.0. The number of carbonyl (C=O) groups excluding carboxylic acids is 1. The molecule has 4 N–H and O–H groups in total. The molecule has 150 valence electrons. The van der Waals surface area contributed by atoms with E-state index < -0.39 is 17.7 Å². The highest BCUT2D eigenvalue weighted by Crippen LogP contribution is 2.20. The average Bonchev–Trinajstić information content (AvgIpc) is 2.66. The quantitative estimate of drug-likeness (QED) is 0.475. The van der Waals surface area contributed by atoms with E-state index in [1.54, 1.807) is 24.3 Å². The number of benzene rings is 2. The second kappa shape index (κ2) is 8.96. The third-order valence-corrected chi connectivity index (χ3v) is 3.78. The summed E-state index contributed by atoms with van der Waals surface area (Å²) in [5, 5.41) is 11.1. The zero-order valence-electron chi connectivity index (χ0n) is 15.9. The summed E-state index contributed by atoms with van der Waals surface area (Å²) in [7, 11) is 0. The summed E-state index contributed by atoms with van der Waals surface area (Å²) in [6.45, 7) is 4.55. The van der Waals surface area contributed by atoms with Gasteiger partial charge in [0.1, 0.15) is 17.5 Å². The number of hydrogen-bond acceptors (Lipinski definition) is 5. The number of amides is 2. The lowest BCUT2D eigenvalue weighted by molar-refractivity contribution is 0.262. The molecule has 1 heterocycles. The normalized spacial score (nSPS) is 10.3. The molecule has 0 aliphatic rings. The van der Waals surface area contributed by atoms with Crippen molar-refractivity contribution in [2.75, 3.05) is 27.8 Å². The van der Waals surface area contributed by atoms with Crippen LogP contribution >= 0.6 is 0 Å². The monoisotopic (exact) mass is 398 g/mol.